The van der Waals surface area contributed by atoms with Gasteiger partial charge in [0.05, 0.1) is 17.1 Å². The van der Waals surface area contributed by atoms with Crippen LogP contribution in [-0.2, 0) is 14.3 Å². The lowest BCUT2D eigenvalue weighted by atomic mass is 10.0. The summed E-state index contributed by atoms with van der Waals surface area (Å²) in [7, 11) is -3.87. The van der Waals surface area contributed by atoms with Crippen molar-refractivity contribution in [1.29, 1.82) is 0 Å². The van der Waals surface area contributed by atoms with E-state index in [9.17, 15) is 13.5 Å². The van der Waals surface area contributed by atoms with Crippen molar-refractivity contribution in [3.63, 3.8) is 0 Å². The highest BCUT2D eigenvalue weighted by atomic mass is 32.2. The van der Waals surface area contributed by atoms with Gasteiger partial charge in [0.2, 0.25) is 0 Å². The Kier molecular flexibility index (Phi) is 5.21. The van der Waals surface area contributed by atoms with Gasteiger partial charge in [0.1, 0.15) is 0 Å². The van der Waals surface area contributed by atoms with E-state index in [2.05, 4.69) is 0 Å². The Morgan fingerprint density at radius 3 is 2.50 bits per heavy atom. The minimum atomic E-state index is -3.87. The van der Waals surface area contributed by atoms with Crippen LogP contribution in [0.5, 0.6) is 0 Å². The number of unbranched alkanes of at least 4 members (excludes halogenated alkanes) is 1. The van der Waals surface area contributed by atoms with Crippen molar-refractivity contribution in [2.24, 2.45) is 0 Å². The van der Waals surface area contributed by atoms with Crippen molar-refractivity contribution in [1.82, 2.24) is 0 Å². The second-order valence-electron chi connectivity index (χ2n) is 5.83. The van der Waals surface area contributed by atoms with Crippen molar-refractivity contribution in [2.75, 3.05) is 6.61 Å². The normalized spacial score (nSPS) is 14.9. The van der Waals surface area contributed by atoms with E-state index in [1.165, 1.54) is 6.07 Å². The highest BCUT2D eigenvalue weighted by Crippen LogP contribution is 2.22. The van der Waals surface area contributed by atoms with E-state index < -0.39 is 15.7 Å². The van der Waals surface area contributed by atoms with Crippen LogP contribution in [0.1, 0.15) is 33.1 Å². The Bertz CT molecular complexity index is 735. The maximum absolute atomic E-state index is 12.3. The van der Waals surface area contributed by atoms with Gasteiger partial charge < -0.3 is 5.11 Å². The van der Waals surface area contributed by atoms with Gasteiger partial charge in [0.25, 0.3) is 10.1 Å². The summed E-state index contributed by atoms with van der Waals surface area (Å²) >= 11 is 0. The number of fused-ring (bicyclic) bond motifs is 1. The topological polar surface area (TPSA) is 63.6 Å². The monoisotopic (exact) mass is 322 g/mol. The minimum absolute atomic E-state index is 0.109. The molecule has 0 aliphatic rings. The molecule has 120 valence electrons. The smallest absolute Gasteiger partial charge is 0.297 e. The minimum Gasteiger partial charge on any atom is -0.388 e. The zero-order valence-corrected chi connectivity index (χ0v) is 13.8. The van der Waals surface area contributed by atoms with Crippen molar-refractivity contribution >= 4 is 20.9 Å². The van der Waals surface area contributed by atoms with Crippen molar-refractivity contribution in [3.8, 4) is 0 Å². The molecule has 0 saturated carbocycles. The molecule has 2 aromatic rings. The third-order valence-corrected chi connectivity index (χ3v) is 4.86. The van der Waals surface area contributed by atoms with Crippen LogP contribution in [0.4, 0.5) is 0 Å². The third kappa shape index (κ3) is 4.29. The average Bonchev–Trinajstić information content (AvgIpc) is 2.51. The van der Waals surface area contributed by atoms with E-state index in [4.69, 9.17) is 4.18 Å². The lowest BCUT2D eigenvalue weighted by Crippen LogP contribution is -2.31. The molecule has 0 radical (unpaired) electrons. The molecule has 0 aromatic heterocycles. The maximum atomic E-state index is 12.3. The Balaban J connectivity index is 2.15. The number of hydrogen-bond donors (Lipinski definition) is 1. The maximum Gasteiger partial charge on any atom is 0.297 e. The Morgan fingerprint density at radius 1 is 1.14 bits per heavy atom. The summed E-state index contributed by atoms with van der Waals surface area (Å²) in [5, 5.41) is 11.9. The van der Waals surface area contributed by atoms with Crippen LogP contribution in [0.25, 0.3) is 10.8 Å². The van der Waals surface area contributed by atoms with E-state index in [1.54, 1.807) is 19.1 Å². The summed E-state index contributed by atoms with van der Waals surface area (Å²) in [6.07, 6.45) is 2.27. The lowest BCUT2D eigenvalue weighted by molar-refractivity contribution is 0.00468. The third-order valence-electron chi connectivity index (χ3n) is 3.60. The van der Waals surface area contributed by atoms with Crippen LogP contribution in [0.3, 0.4) is 0 Å². The van der Waals surface area contributed by atoms with Crippen molar-refractivity contribution in [2.45, 2.75) is 43.6 Å². The van der Waals surface area contributed by atoms with Crippen LogP contribution in [0.2, 0.25) is 0 Å². The summed E-state index contributed by atoms with van der Waals surface area (Å²) < 4.78 is 29.6. The van der Waals surface area contributed by atoms with Gasteiger partial charge in [-0.15, -0.1) is 0 Å². The molecule has 1 atom stereocenters. The van der Waals surface area contributed by atoms with Crippen LogP contribution in [0, 0.1) is 0 Å². The number of hydrogen-bond acceptors (Lipinski definition) is 4. The van der Waals surface area contributed by atoms with E-state index >= 15 is 0 Å². The summed E-state index contributed by atoms with van der Waals surface area (Å²) in [5.74, 6) is 0. The fraction of sp³-hybridized carbons (Fsp3) is 0.412. The predicted octanol–water partition coefficient (Wildman–Crippen LogP) is 3.49. The predicted molar refractivity (Wildman–Crippen MR) is 87.2 cm³/mol. The van der Waals surface area contributed by atoms with Gasteiger partial charge >= 0.3 is 0 Å². The number of aliphatic hydroxyl groups is 1. The van der Waals surface area contributed by atoms with Crippen LogP contribution in [-0.4, -0.2) is 25.7 Å². The second-order valence-corrected chi connectivity index (χ2v) is 7.44. The molecule has 4 nitrogen and oxygen atoms in total. The first-order valence-corrected chi connectivity index (χ1v) is 8.85. The quantitative estimate of drug-likeness (QED) is 0.793. The standard InChI is InChI=1S/C17H22O4S/c1-3-4-11-17(2,18)13-21-22(19,20)16-10-9-14-7-5-6-8-15(14)12-16/h5-10,12,18H,3-4,11,13H2,1-2H3/t17-/m0/s1. The van der Waals surface area contributed by atoms with Crippen molar-refractivity contribution in [3.05, 3.63) is 42.5 Å². The first-order chi connectivity index (χ1) is 10.3. The molecule has 0 heterocycles. The van der Waals surface area contributed by atoms with Gasteiger partial charge in [-0.2, -0.15) is 8.42 Å². The Hall–Kier alpha value is -1.43. The van der Waals surface area contributed by atoms with E-state index in [0.29, 0.717) is 6.42 Å². The van der Waals surface area contributed by atoms with E-state index in [1.807, 2.05) is 31.2 Å². The SMILES string of the molecule is CCCC[C@](C)(O)COS(=O)(=O)c1ccc2ccccc2c1. The second kappa shape index (κ2) is 6.77. The molecule has 0 fully saturated rings. The molecule has 5 heteroatoms. The first kappa shape index (κ1) is 16.9. The molecule has 0 aliphatic heterocycles. The van der Waals surface area contributed by atoms with Crippen molar-refractivity contribution < 1.29 is 17.7 Å². The first-order valence-electron chi connectivity index (χ1n) is 7.45. The lowest BCUT2D eigenvalue weighted by Gasteiger charge is -2.22. The largest absolute Gasteiger partial charge is 0.388 e. The summed E-state index contributed by atoms with van der Waals surface area (Å²) in [4.78, 5) is 0.109. The molecule has 22 heavy (non-hydrogen) atoms. The van der Waals surface area contributed by atoms with Gasteiger partial charge in [-0.05, 0) is 36.2 Å². The highest BCUT2D eigenvalue weighted by Gasteiger charge is 2.25. The average molecular weight is 322 g/mol. The molecule has 0 amide bonds. The molecule has 2 aromatic carbocycles. The number of rotatable bonds is 7. The molecule has 0 spiro atoms. The molecule has 2 rings (SSSR count). The highest BCUT2D eigenvalue weighted by molar-refractivity contribution is 7.86. The molecular weight excluding hydrogens is 300 g/mol. The molecule has 0 saturated heterocycles. The number of benzene rings is 2. The molecule has 0 aliphatic carbocycles. The zero-order valence-electron chi connectivity index (χ0n) is 13.0. The van der Waals surface area contributed by atoms with Gasteiger partial charge in [0, 0.05) is 0 Å². The van der Waals surface area contributed by atoms with Crippen LogP contribution >= 0.6 is 0 Å². The molecule has 0 unspecified atom stereocenters. The summed E-state index contributed by atoms with van der Waals surface area (Å²) in [6, 6.07) is 12.4. The van der Waals surface area contributed by atoms with Crippen LogP contribution in [0.15, 0.2) is 47.4 Å². The molecule has 0 bridgehead atoms. The van der Waals surface area contributed by atoms with Gasteiger partial charge in [0.15, 0.2) is 0 Å². The summed E-state index contributed by atoms with van der Waals surface area (Å²) in [5.41, 5.74) is -1.14. The zero-order chi connectivity index (χ0) is 16.2. The fourth-order valence-electron chi connectivity index (χ4n) is 2.23. The molecule has 1 N–H and O–H groups in total. The van der Waals surface area contributed by atoms with E-state index in [-0.39, 0.29) is 11.5 Å². The summed E-state index contributed by atoms with van der Waals surface area (Å²) in [6.45, 7) is 3.38. The molecular formula is C17H22O4S. The Morgan fingerprint density at radius 2 is 1.82 bits per heavy atom. The van der Waals surface area contributed by atoms with Gasteiger partial charge in [-0.3, -0.25) is 4.18 Å². The van der Waals surface area contributed by atoms with Crippen LogP contribution < -0.4 is 0 Å². The Labute approximate surface area is 131 Å². The van der Waals surface area contributed by atoms with Gasteiger partial charge in [-0.25, -0.2) is 0 Å². The fourth-order valence-corrected chi connectivity index (χ4v) is 3.28. The van der Waals surface area contributed by atoms with E-state index in [0.717, 1.165) is 23.6 Å². The van der Waals surface area contributed by atoms with Gasteiger partial charge in [-0.1, -0.05) is 50.1 Å².